The molecule has 0 radical (unpaired) electrons. The highest BCUT2D eigenvalue weighted by Gasteiger charge is 2.35. The molecule has 1 N–H and O–H groups in total. The summed E-state index contributed by atoms with van der Waals surface area (Å²) in [6.07, 6.45) is 0.701. The summed E-state index contributed by atoms with van der Waals surface area (Å²) >= 11 is 0. The van der Waals surface area contributed by atoms with Gasteiger partial charge in [-0.05, 0) is 24.3 Å². The Morgan fingerprint density at radius 2 is 1.70 bits per heavy atom. The number of rotatable bonds is 6. The SMILES string of the molecule is CC[C@]1(C)Oc2ccc(NC(=O)c3ccc(OC)c(OC)c3OC)cc2O1. The van der Waals surface area contributed by atoms with E-state index in [-0.39, 0.29) is 5.91 Å². The molecule has 144 valence electrons. The molecular formula is C20H23NO6. The summed E-state index contributed by atoms with van der Waals surface area (Å²) in [4.78, 5) is 12.8. The first-order valence-electron chi connectivity index (χ1n) is 8.57. The van der Waals surface area contributed by atoms with Gasteiger partial charge in [0.2, 0.25) is 11.5 Å². The lowest BCUT2D eigenvalue weighted by atomic mass is 10.1. The maximum Gasteiger partial charge on any atom is 0.259 e. The van der Waals surface area contributed by atoms with Gasteiger partial charge in [0.05, 0.1) is 26.9 Å². The molecule has 0 aliphatic carbocycles. The number of methoxy groups -OCH3 is 3. The largest absolute Gasteiger partial charge is 0.493 e. The minimum absolute atomic E-state index is 0.300. The second-order valence-corrected chi connectivity index (χ2v) is 6.19. The van der Waals surface area contributed by atoms with Crippen LogP contribution in [0.1, 0.15) is 30.6 Å². The number of hydrogen-bond acceptors (Lipinski definition) is 6. The van der Waals surface area contributed by atoms with E-state index in [0.717, 1.165) is 0 Å². The van der Waals surface area contributed by atoms with Gasteiger partial charge in [0.1, 0.15) is 0 Å². The molecular weight excluding hydrogens is 350 g/mol. The van der Waals surface area contributed by atoms with E-state index >= 15 is 0 Å². The standard InChI is InChI=1S/C20H23NO6/c1-6-20(2)26-14-9-7-12(11-16(14)27-20)21-19(22)13-8-10-15(23-3)18(25-5)17(13)24-4/h7-11H,6H2,1-5H3,(H,21,22)/t20-/m1/s1. The number of carbonyl (C=O) groups is 1. The van der Waals surface area contributed by atoms with Crippen LogP contribution in [0.5, 0.6) is 28.7 Å². The lowest BCUT2D eigenvalue weighted by Gasteiger charge is -2.20. The molecule has 1 heterocycles. The van der Waals surface area contributed by atoms with Gasteiger partial charge in [-0.15, -0.1) is 0 Å². The van der Waals surface area contributed by atoms with Crippen LogP contribution >= 0.6 is 0 Å². The van der Waals surface area contributed by atoms with Gasteiger partial charge in [0.25, 0.3) is 5.91 Å². The first-order valence-corrected chi connectivity index (χ1v) is 8.57. The van der Waals surface area contributed by atoms with E-state index in [2.05, 4.69) is 5.32 Å². The minimum atomic E-state index is -0.683. The lowest BCUT2D eigenvalue weighted by molar-refractivity contribution is -0.0640. The summed E-state index contributed by atoms with van der Waals surface area (Å²) < 4.78 is 27.6. The summed E-state index contributed by atoms with van der Waals surface area (Å²) in [5, 5.41) is 2.85. The van der Waals surface area contributed by atoms with Crippen molar-refractivity contribution in [2.24, 2.45) is 0 Å². The van der Waals surface area contributed by atoms with Crippen LogP contribution in [0, 0.1) is 0 Å². The molecule has 0 fully saturated rings. The van der Waals surface area contributed by atoms with Crippen LogP contribution in [-0.2, 0) is 0 Å². The Kier molecular flexibility index (Phi) is 5.03. The van der Waals surface area contributed by atoms with E-state index in [4.69, 9.17) is 23.7 Å². The van der Waals surface area contributed by atoms with Crippen LogP contribution in [0.2, 0.25) is 0 Å². The van der Waals surface area contributed by atoms with Gasteiger partial charge in [-0.25, -0.2) is 0 Å². The van der Waals surface area contributed by atoms with Gasteiger partial charge in [0, 0.05) is 25.1 Å². The van der Waals surface area contributed by atoms with E-state index in [1.165, 1.54) is 21.3 Å². The fourth-order valence-corrected chi connectivity index (χ4v) is 2.86. The van der Waals surface area contributed by atoms with Crippen molar-refractivity contribution in [2.45, 2.75) is 26.1 Å². The normalized spacial score (nSPS) is 17.4. The van der Waals surface area contributed by atoms with Crippen molar-refractivity contribution in [2.75, 3.05) is 26.6 Å². The number of ether oxygens (including phenoxy) is 5. The fourth-order valence-electron chi connectivity index (χ4n) is 2.86. The number of nitrogens with one attached hydrogen (secondary N) is 1. The average Bonchev–Trinajstić information content (AvgIpc) is 3.02. The molecule has 1 aliphatic heterocycles. The predicted octanol–water partition coefficient (Wildman–Crippen LogP) is 3.86. The summed E-state index contributed by atoms with van der Waals surface area (Å²) in [6.45, 7) is 3.86. The van der Waals surface area contributed by atoms with Crippen LogP contribution in [0.3, 0.4) is 0 Å². The minimum Gasteiger partial charge on any atom is -0.493 e. The molecule has 0 aromatic heterocycles. The number of carbonyl (C=O) groups excluding carboxylic acids is 1. The molecule has 1 atom stereocenters. The smallest absolute Gasteiger partial charge is 0.259 e. The van der Waals surface area contributed by atoms with E-state index in [9.17, 15) is 4.79 Å². The van der Waals surface area contributed by atoms with E-state index in [0.29, 0.717) is 46.4 Å². The molecule has 0 bridgehead atoms. The first kappa shape index (κ1) is 18.7. The van der Waals surface area contributed by atoms with Crippen LogP contribution < -0.4 is 29.0 Å². The molecule has 1 amide bonds. The third-order valence-corrected chi connectivity index (χ3v) is 4.44. The monoisotopic (exact) mass is 373 g/mol. The van der Waals surface area contributed by atoms with Gasteiger partial charge < -0.3 is 29.0 Å². The van der Waals surface area contributed by atoms with E-state index in [1.807, 2.05) is 13.8 Å². The molecule has 27 heavy (non-hydrogen) atoms. The molecule has 0 spiro atoms. The molecule has 7 heteroatoms. The Labute approximate surface area is 158 Å². The lowest BCUT2D eigenvalue weighted by Crippen LogP contribution is -2.33. The van der Waals surface area contributed by atoms with Gasteiger partial charge >= 0.3 is 0 Å². The van der Waals surface area contributed by atoms with Crippen molar-refractivity contribution in [1.82, 2.24) is 0 Å². The van der Waals surface area contributed by atoms with Crippen molar-refractivity contribution in [3.05, 3.63) is 35.9 Å². The Morgan fingerprint density at radius 3 is 2.33 bits per heavy atom. The Bertz CT molecular complexity index is 866. The van der Waals surface area contributed by atoms with Crippen molar-refractivity contribution in [3.8, 4) is 28.7 Å². The summed E-state index contributed by atoms with van der Waals surface area (Å²) in [5.41, 5.74) is 0.908. The Morgan fingerprint density at radius 1 is 1.00 bits per heavy atom. The predicted molar refractivity (Wildman–Crippen MR) is 100 cm³/mol. The van der Waals surface area contributed by atoms with Crippen LogP contribution in [0.25, 0.3) is 0 Å². The van der Waals surface area contributed by atoms with E-state index < -0.39 is 5.79 Å². The van der Waals surface area contributed by atoms with Gasteiger partial charge in [-0.3, -0.25) is 4.79 Å². The molecule has 0 unspecified atom stereocenters. The average molecular weight is 373 g/mol. The van der Waals surface area contributed by atoms with Crippen molar-refractivity contribution < 1.29 is 28.5 Å². The molecule has 2 aromatic carbocycles. The Balaban J connectivity index is 1.86. The zero-order chi connectivity index (χ0) is 19.6. The summed E-state index contributed by atoms with van der Waals surface area (Å²) in [7, 11) is 4.48. The zero-order valence-corrected chi connectivity index (χ0v) is 16.0. The molecule has 3 rings (SSSR count). The second kappa shape index (κ2) is 7.26. The third-order valence-electron chi connectivity index (χ3n) is 4.44. The number of benzene rings is 2. The maximum absolute atomic E-state index is 12.8. The second-order valence-electron chi connectivity index (χ2n) is 6.19. The first-order chi connectivity index (χ1) is 12.9. The summed E-state index contributed by atoms with van der Waals surface area (Å²) in [5.74, 6) is 1.36. The number of fused-ring (bicyclic) bond motifs is 1. The summed E-state index contributed by atoms with van der Waals surface area (Å²) in [6, 6.07) is 8.55. The third kappa shape index (κ3) is 3.45. The molecule has 0 saturated carbocycles. The van der Waals surface area contributed by atoms with Gasteiger partial charge in [0.15, 0.2) is 23.0 Å². The van der Waals surface area contributed by atoms with Crippen LogP contribution in [0.15, 0.2) is 30.3 Å². The van der Waals surface area contributed by atoms with Crippen molar-refractivity contribution in [1.29, 1.82) is 0 Å². The maximum atomic E-state index is 12.8. The molecule has 1 aliphatic rings. The number of anilines is 1. The molecule has 7 nitrogen and oxygen atoms in total. The van der Waals surface area contributed by atoms with Gasteiger partial charge in [-0.2, -0.15) is 0 Å². The molecule has 2 aromatic rings. The zero-order valence-electron chi connectivity index (χ0n) is 16.0. The number of amides is 1. The Hall–Kier alpha value is -3.09. The highest BCUT2D eigenvalue weighted by Crippen LogP contribution is 2.43. The molecule has 0 saturated heterocycles. The highest BCUT2D eigenvalue weighted by molar-refractivity contribution is 6.07. The van der Waals surface area contributed by atoms with Crippen LogP contribution in [0.4, 0.5) is 5.69 Å². The van der Waals surface area contributed by atoms with Crippen LogP contribution in [-0.4, -0.2) is 33.0 Å². The fraction of sp³-hybridized carbons (Fsp3) is 0.350. The number of hydrogen-bond donors (Lipinski definition) is 1. The highest BCUT2D eigenvalue weighted by atomic mass is 16.7. The van der Waals surface area contributed by atoms with Crippen molar-refractivity contribution >= 4 is 11.6 Å². The van der Waals surface area contributed by atoms with Crippen molar-refractivity contribution in [3.63, 3.8) is 0 Å². The quantitative estimate of drug-likeness (QED) is 0.829. The van der Waals surface area contributed by atoms with Gasteiger partial charge in [-0.1, -0.05) is 6.92 Å². The topological polar surface area (TPSA) is 75.3 Å². The van der Waals surface area contributed by atoms with E-state index in [1.54, 1.807) is 30.3 Å².